The maximum absolute atomic E-state index is 12.4. The first-order valence-electron chi connectivity index (χ1n) is 9.12. The molecule has 0 saturated carbocycles. The largest absolute Gasteiger partial charge is 0.325 e. The molecule has 0 aliphatic heterocycles. The molecule has 0 fully saturated rings. The highest BCUT2D eigenvalue weighted by Gasteiger charge is 2.15. The van der Waals surface area contributed by atoms with Gasteiger partial charge in [-0.25, -0.2) is 0 Å². The fraction of sp³-hybridized carbons (Fsp3) is 0.130. The van der Waals surface area contributed by atoms with Gasteiger partial charge in [-0.3, -0.25) is 9.59 Å². The van der Waals surface area contributed by atoms with Crippen LogP contribution in [0.5, 0.6) is 0 Å². The van der Waals surface area contributed by atoms with Crippen molar-refractivity contribution in [3.8, 4) is 0 Å². The summed E-state index contributed by atoms with van der Waals surface area (Å²) in [7, 11) is 0. The number of thioether (sulfide) groups is 1. The molecule has 0 aliphatic carbocycles. The lowest BCUT2D eigenvalue weighted by Gasteiger charge is -2.13. The van der Waals surface area contributed by atoms with E-state index in [0.29, 0.717) is 11.3 Å². The minimum atomic E-state index is -0.258. The number of hydrogen-bond donors (Lipinski definition) is 2. The monoisotopic (exact) mass is 468 g/mol. The number of aryl methyl sites for hydroxylation is 1. The summed E-state index contributed by atoms with van der Waals surface area (Å²) in [5, 5.41) is 5.54. The van der Waals surface area contributed by atoms with Gasteiger partial charge in [0.25, 0.3) is 5.91 Å². The van der Waals surface area contributed by atoms with E-state index in [2.05, 4.69) is 26.6 Å². The standard InChI is InChI=1S/C23H21BrN2O2S/c1-15-3-5-17(6-4-15)23(28)26-20-11-13-21(14-12-20)29-16(2)22(27)25-19-9-7-18(24)8-10-19/h3-14,16H,1-2H3,(H,25,27)(H,26,28). The van der Waals surface area contributed by atoms with Crippen LogP contribution in [0, 0.1) is 6.92 Å². The Morgan fingerprint density at radius 1 is 0.828 bits per heavy atom. The minimum absolute atomic E-state index is 0.0610. The molecule has 0 aliphatic rings. The van der Waals surface area contributed by atoms with Gasteiger partial charge in [0.1, 0.15) is 0 Å². The van der Waals surface area contributed by atoms with E-state index in [9.17, 15) is 9.59 Å². The molecule has 3 aromatic carbocycles. The van der Waals surface area contributed by atoms with Crippen LogP contribution >= 0.6 is 27.7 Å². The molecular formula is C23H21BrN2O2S. The molecule has 29 heavy (non-hydrogen) atoms. The summed E-state index contributed by atoms with van der Waals surface area (Å²) < 4.78 is 0.965. The molecule has 0 saturated heterocycles. The zero-order valence-corrected chi connectivity index (χ0v) is 18.5. The smallest absolute Gasteiger partial charge is 0.255 e. The first-order valence-corrected chi connectivity index (χ1v) is 10.8. The normalized spacial score (nSPS) is 11.6. The van der Waals surface area contributed by atoms with Crippen LogP contribution in [0.2, 0.25) is 0 Å². The van der Waals surface area contributed by atoms with Gasteiger partial charge in [-0.2, -0.15) is 0 Å². The third kappa shape index (κ3) is 6.21. The molecule has 2 N–H and O–H groups in total. The number of hydrogen-bond acceptors (Lipinski definition) is 3. The van der Waals surface area contributed by atoms with E-state index >= 15 is 0 Å². The number of carbonyl (C=O) groups is 2. The quantitative estimate of drug-likeness (QED) is 0.427. The van der Waals surface area contributed by atoms with Gasteiger partial charge in [0.2, 0.25) is 5.91 Å². The number of anilines is 2. The van der Waals surface area contributed by atoms with Crippen molar-refractivity contribution in [2.45, 2.75) is 24.0 Å². The highest BCUT2D eigenvalue weighted by atomic mass is 79.9. The van der Waals surface area contributed by atoms with E-state index in [-0.39, 0.29) is 17.1 Å². The van der Waals surface area contributed by atoms with Crippen molar-refractivity contribution in [1.29, 1.82) is 0 Å². The van der Waals surface area contributed by atoms with Gasteiger partial charge in [-0.05, 0) is 74.5 Å². The SMILES string of the molecule is Cc1ccc(C(=O)Nc2ccc(SC(C)C(=O)Nc3ccc(Br)cc3)cc2)cc1. The van der Waals surface area contributed by atoms with Crippen molar-refractivity contribution >= 4 is 50.9 Å². The highest BCUT2D eigenvalue weighted by molar-refractivity contribution is 9.10. The number of nitrogens with one attached hydrogen (secondary N) is 2. The molecule has 0 heterocycles. The number of amides is 2. The van der Waals surface area contributed by atoms with E-state index in [1.165, 1.54) is 11.8 Å². The Kier molecular flexibility index (Phi) is 7.12. The first-order chi connectivity index (χ1) is 13.9. The second kappa shape index (κ2) is 9.76. The molecule has 148 valence electrons. The molecule has 0 aromatic heterocycles. The number of halogens is 1. The van der Waals surface area contributed by atoms with Crippen LogP contribution in [0.25, 0.3) is 0 Å². The van der Waals surface area contributed by atoms with Crippen LogP contribution in [0.1, 0.15) is 22.8 Å². The lowest BCUT2D eigenvalue weighted by Crippen LogP contribution is -2.22. The minimum Gasteiger partial charge on any atom is -0.325 e. The van der Waals surface area contributed by atoms with Gasteiger partial charge in [0.15, 0.2) is 0 Å². The van der Waals surface area contributed by atoms with Crippen molar-refractivity contribution in [1.82, 2.24) is 0 Å². The number of carbonyl (C=O) groups excluding carboxylic acids is 2. The maximum atomic E-state index is 12.4. The van der Waals surface area contributed by atoms with Crippen molar-refractivity contribution in [3.63, 3.8) is 0 Å². The topological polar surface area (TPSA) is 58.2 Å². The van der Waals surface area contributed by atoms with Gasteiger partial charge < -0.3 is 10.6 Å². The summed E-state index contributed by atoms with van der Waals surface area (Å²) in [5.41, 5.74) is 3.21. The molecule has 1 unspecified atom stereocenters. The summed E-state index contributed by atoms with van der Waals surface area (Å²) >= 11 is 4.84. The van der Waals surface area contributed by atoms with E-state index in [0.717, 1.165) is 20.6 Å². The average molecular weight is 469 g/mol. The molecule has 3 aromatic rings. The summed E-state index contributed by atoms with van der Waals surface area (Å²) in [6.45, 7) is 3.85. The molecule has 2 amide bonds. The van der Waals surface area contributed by atoms with Crippen molar-refractivity contribution < 1.29 is 9.59 Å². The predicted molar refractivity (Wildman–Crippen MR) is 124 cm³/mol. The first kappa shape index (κ1) is 21.1. The lowest BCUT2D eigenvalue weighted by molar-refractivity contribution is -0.115. The van der Waals surface area contributed by atoms with Crippen LogP contribution in [0.15, 0.2) is 82.2 Å². The zero-order chi connectivity index (χ0) is 20.8. The van der Waals surface area contributed by atoms with Gasteiger partial charge in [-0.1, -0.05) is 33.6 Å². The van der Waals surface area contributed by atoms with Crippen molar-refractivity contribution in [2.75, 3.05) is 10.6 Å². The van der Waals surface area contributed by atoms with Crippen molar-refractivity contribution in [3.05, 3.63) is 88.4 Å². The van der Waals surface area contributed by atoms with Crippen LogP contribution in [-0.2, 0) is 4.79 Å². The van der Waals surface area contributed by atoms with Crippen molar-refractivity contribution in [2.24, 2.45) is 0 Å². The highest BCUT2D eigenvalue weighted by Crippen LogP contribution is 2.26. The zero-order valence-electron chi connectivity index (χ0n) is 16.1. The molecule has 6 heteroatoms. The molecular weight excluding hydrogens is 448 g/mol. The maximum Gasteiger partial charge on any atom is 0.255 e. The van der Waals surface area contributed by atoms with E-state index in [1.54, 1.807) is 12.1 Å². The summed E-state index contributed by atoms with van der Waals surface area (Å²) in [6, 6.07) is 22.4. The Bertz CT molecular complexity index is 987. The third-order valence-corrected chi connectivity index (χ3v) is 5.86. The van der Waals surface area contributed by atoms with Gasteiger partial charge in [0.05, 0.1) is 5.25 Å². The molecule has 1 atom stereocenters. The molecule has 0 bridgehead atoms. The number of rotatable bonds is 6. The Hall–Kier alpha value is -2.57. The second-order valence-corrected chi connectivity index (χ2v) is 8.93. The van der Waals surface area contributed by atoms with E-state index in [4.69, 9.17) is 0 Å². The number of benzene rings is 3. The lowest BCUT2D eigenvalue weighted by atomic mass is 10.1. The molecule has 0 spiro atoms. The van der Waals surface area contributed by atoms with Gasteiger partial charge >= 0.3 is 0 Å². The summed E-state index contributed by atoms with van der Waals surface area (Å²) in [4.78, 5) is 25.6. The van der Waals surface area contributed by atoms with Gasteiger partial charge in [-0.15, -0.1) is 11.8 Å². The molecule has 0 radical (unpaired) electrons. The average Bonchev–Trinajstić information content (AvgIpc) is 2.71. The van der Waals surface area contributed by atoms with Crippen LogP contribution in [0.4, 0.5) is 11.4 Å². The Morgan fingerprint density at radius 3 is 2.00 bits per heavy atom. The third-order valence-electron chi connectivity index (χ3n) is 4.22. The fourth-order valence-corrected chi connectivity index (χ4v) is 3.69. The van der Waals surface area contributed by atoms with E-state index in [1.807, 2.05) is 74.5 Å². The molecule has 3 rings (SSSR count). The fourth-order valence-electron chi connectivity index (χ4n) is 2.56. The Balaban J connectivity index is 1.55. The molecule has 4 nitrogen and oxygen atoms in total. The van der Waals surface area contributed by atoms with E-state index < -0.39 is 0 Å². The second-order valence-electron chi connectivity index (χ2n) is 6.60. The summed E-state index contributed by atoms with van der Waals surface area (Å²) in [5.74, 6) is -0.207. The van der Waals surface area contributed by atoms with Crippen LogP contribution < -0.4 is 10.6 Å². The van der Waals surface area contributed by atoms with Crippen LogP contribution in [0.3, 0.4) is 0 Å². The Morgan fingerprint density at radius 2 is 1.38 bits per heavy atom. The predicted octanol–water partition coefficient (Wildman–Crippen LogP) is 6.13. The Labute approximate surface area is 183 Å². The van der Waals surface area contributed by atoms with Crippen LogP contribution in [-0.4, -0.2) is 17.1 Å². The summed E-state index contributed by atoms with van der Waals surface area (Å²) in [6.07, 6.45) is 0. The van der Waals surface area contributed by atoms with Gasteiger partial charge in [0, 0.05) is 26.3 Å².